The molecule has 0 fully saturated rings. The van der Waals surface area contributed by atoms with E-state index in [9.17, 15) is 4.79 Å². The first-order valence-electron chi connectivity index (χ1n) is 11.1. The van der Waals surface area contributed by atoms with Gasteiger partial charge in [0.1, 0.15) is 22.7 Å². The molecule has 34 heavy (non-hydrogen) atoms. The van der Waals surface area contributed by atoms with Crippen LogP contribution in [0.5, 0.6) is 0 Å². The van der Waals surface area contributed by atoms with Gasteiger partial charge in [0, 0.05) is 6.04 Å². The van der Waals surface area contributed by atoms with Crippen molar-refractivity contribution in [3.8, 4) is 0 Å². The molecule has 0 aliphatic heterocycles. The molecule has 0 aliphatic rings. The zero-order valence-electron chi connectivity index (χ0n) is 18.7. The highest BCUT2D eigenvalue weighted by Crippen LogP contribution is 2.28. The number of aryl methyl sites for hydroxylation is 1. The van der Waals surface area contributed by atoms with Gasteiger partial charge in [-0.25, -0.2) is 9.97 Å². The fourth-order valence-corrected chi connectivity index (χ4v) is 3.86. The molecule has 0 bridgehead atoms. The second-order valence-electron chi connectivity index (χ2n) is 8.12. The van der Waals surface area contributed by atoms with E-state index < -0.39 is 0 Å². The van der Waals surface area contributed by atoms with Crippen LogP contribution in [0.3, 0.4) is 0 Å². The van der Waals surface area contributed by atoms with E-state index in [0.29, 0.717) is 28.0 Å². The average Bonchev–Trinajstić information content (AvgIpc) is 3.46. The van der Waals surface area contributed by atoms with Crippen molar-refractivity contribution in [2.24, 2.45) is 5.10 Å². The number of furan rings is 1. The lowest BCUT2D eigenvalue weighted by Crippen LogP contribution is -2.33. The van der Waals surface area contributed by atoms with Crippen LogP contribution in [-0.4, -0.2) is 32.8 Å². The highest BCUT2D eigenvalue weighted by Gasteiger charge is 2.25. The molecule has 170 valence electrons. The molecule has 1 amide bonds. The van der Waals surface area contributed by atoms with Gasteiger partial charge >= 0.3 is 0 Å². The van der Waals surface area contributed by atoms with Crippen molar-refractivity contribution >= 4 is 40.1 Å². The first kappa shape index (κ1) is 21.4. The van der Waals surface area contributed by atoms with Gasteiger partial charge in [-0.2, -0.15) is 9.78 Å². The Balaban J connectivity index is 1.49. The number of anilines is 1. The van der Waals surface area contributed by atoms with Crippen molar-refractivity contribution in [3.63, 3.8) is 0 Å². The predicted octanol–water partition coefficient (Wildman–Crippen LogP) is 4.39. The van der Waals surface area contributed by atoms with E-state index >= 15 is 0 Å². The summed E-state index contributed by atoms with van der Waals surface area (Å²) in [6.07, 6.45) is 4.73. The van der Waals surface area contributed by atoms with Gasteiger partial charge in [-0.15, -0.1) is 0 Å². The number of aromatic nitrogens is 3. The van der Waals surface area contributed by atoms with Crippen LogP contribution < -0.4 is 11.1 Å². The molecule has 0 aliphatic carbocycles. The summed E-state index contributed by atoms with van der Waals surface area (Å²) < 4.78 is 6.76. The maximum atomic E-state index is 13.3. The Bertz CT molecular complexity index is 1470. The number of hydrogen-bond donors (Lipinski definition) is 2. The van der Waals surface area contributed by atoms with E-state index in [1.54, 1.807) is 18.4 Å². The van der Waals surface area contributed by atoms with Gasteiger partial charge in [0.05, 0.1) is 23.5 Å². The second kappa shape index (κ2) is 9.19. The number of nitrogens with one attached hydrogen (secondary N) is 1. The van der Waals surface area contributed by atoms with E-state index in [2.05, 4.69) is 22.6 Å². The van der Waals surface area contributed by atoms with Crippen LogP contribution in [0.2, 0.25) is 0 Å². The third-order valence-corrected chi connectivity index (χ3v) is 5.63. The molecular weight excluding hydrogens is 428 g/mol. The first-order valence-corrected chi connectivity index (χ1v) is 11.1. The third-order valence-electron chi connectivity index (χ3n) is 5.63. The van der Waals surface area contributed by atoms with Crippen molar-refractivity contribution in [2.45, 2.75) is 25.8 Å². The third kappa shape index (κ3) is 4.25. The lowest BCUT2D eigenvalue weighted by atomic mass is 10.1. The van der Waals surface area contributed by atoms with Gasteiger partial charge in [0.2, 0.25) is 0 Å². The maximum absolute atomic E-state index is 13.3. The highest BCUT2D eigenvalue weighted by atomic mass is 16.3. The van der Waals surface area contributed by atoms with Crippen molar-refractivity contribution in [3.05, 3.63) is 89.9 Å². The fraction of sp³-hybridized carbons (Fsp3) is 0.154. The standard InChI is InChI=1S/C26H24N6O2/c1-17(13-14-18-8-3-2-4-9-18)29-26(33)22-23-25(31-21-12-6-5-11-20(21)30-23)32(24(22)27)28-16-19-10-7-15-34-19/h2-12,15-17H,13-14,27H2,1H3,(H,29,33). The van der Waals surface area contributed by atoms with E-state index in [4.69, 9.17) is 20.1 Å². The molecule has 0 radical (unpaired) electrons. The molecule has 5 aromatic rings. The number of benzene rings is 2. The molecular formula is C26H24N6O2. The zero-order chi connectivity index (χ0) is 23.5. The minimum atomic E-state index is -0.306. The Morgan fingerprint density at radius 2 is 1.82 bits per heavy atom. The van der Waals surface area contributed by atoms with Crippen LogP contribution in [0.1, 0.15) is 35.0 Å². The molecule has 1 atom stereocenters. The first-order chi connectivity index (χ1) is 16.6. The van der Waals surface area contributed by atoms with E-state index in [1.165, 1.54) is 16.5 Å². The molecule has 3 aromatic heterocycles. The molecule has 5 rings (SSSR count). The Morgan fingerprint density at radius 1 is 1.09 bits per heavy atom. The number of hydrogen-bond acceptors (Lipinski definition) is 6. The van der Waals surface area contributed by atoms with Gasteiger partial charge in [0.25, 0.3) is 5.91 Å². The fourth-order valence-electron chi connectivity index (χ4n) is 3.86. The number of para-hydroxylation sites is 2. The van der Waals surface area contributed by atoms with Crippen LogP contribution >= 0.6 is 0 Å². The summed E-state index contributed by atoms with van der Waals surface area (Å²) in [6, 6.07) is 21.1. The molecule has 8 heteroatoms. The van der Waals surface area contributed by atoms with E-state index in [-0.39, 0.29) is 23.3 Å². The Labute approximate surface area is 196 Å². The lowest BCUT2D eigenvalue weighted by molar-refractivity contribution is 0.0940. The van der Waals surface area contributed by atoms with Crippen LogP contribution in [0, 0.1) is 0 Å². The number of carbonyl (C=O) groups is 1. The Kier molecular flexibility index (Phi) is 5.78. The minimum absolute atomic E-state index is 0.0643. The molecule has 0 saturated heterocycles. The van der Waals surface area contributed by atoms with Crippen molar-refractivity contribution in [2.75, 3.05) is 5.73 Å². The maximum Gasteiger partial charge on any atom is 0.257 e. The summed E-state index contributed by atoms with van der Waals surface area (Å²) >= 11 is 0. The van der Waals surface area contributed by atoms with Crippen molar-refractivity contribution in [1.29, 1.82) is 0 Å². The van der Waals surface area contributed by atoms with Gasteiger partial charge < -0.3 is 15.5 Å². The van der Waals surface area contributed by atoms with Gasteiger partial charge in [-0.1, -0.05) is 42.5 Å². The second-order valence-corrected chi connectivity index (χ2v) is 8.12. The average molecular weight is 453 g/mol. The SMILES string of the molecule is CC(CCc1ccccc1)NC(=O)c1c(N)n(N=Cc2ccco2)c2nc3ccccc3nc12. The number of nitrogen functional groups attached to an aromatic ring is 1. The number of nitrogens with two attached hydrogens (primary N) is 1. The number of carbonyl (C=O) groups excluding carboxylic acids is 1. The molecule has 0 spiro atoms. The van der Waals surface area contributed by atoms with Crippen LogP contribution in [0.25, 0.3) is 22.2 Å². The van der Waals surface area contributed by atoms with E-state index in [1.807, 2.05) is 49.4 Å². The summed E-state index contributed by atoms with van der Waals surface area (Å²) in [5.74, 6) is 0.413. The molecule has 1 unspecified atom stereocenters. The van der Waals surface area contributed by atoms with E-state index in [0.717, 1.165) is 12.8 Å². The minimum Gasteiger partial charge on any atom is -0.463 e. The summed E-state index contributed by atoms with van der Waals surface area (Å²) in [7, 11) is 0. The molecule has 3 heterocycles. The zero-order valence-corrected chi connectivity index (χ0v) is 18.7. The van der Waals surface area contributed by atoms with Crippen LogP contribution in [0.15, 0.2) is 82.5 Å². The molecule has 0 saturated carbocycles. The molecule has 2 aromatic carbocycles. The van der Waals surface area contributed by atoms with Gasteiger partial charge in [-0.05, 0) is 49.6 Å². The monoisotopic (exact) mass is 452 g/mol. The topological polar surface area (TPSA) is 111 Å². The lowest BCUT2D eigenvalue weighted by Gasteiger charge is -2.14. The van der Waals surface area contributed by atoms with Gasteiger partial charge in [-0.3, -0.25) is 4.79 Å². The quantitative estimate of drug-likeness (QED) is 0.356. The normalized spacial score (nSPS) is 12.5. The number of amides is 1. The summed E-state index contributed by atoms with van der Waals surface area (Å²) in [4.78, 5) is 22.7. The largest absolute Gasteiger partial charge is 0.463 e. The Hall–Kier alpha value is -4.46. The van der Waals surface area contributed by atoms with Crippen molar-refractivity contribution in [1.82, 2.24) is 20.0 Å². The predicted molar refractivity (Wildman–Crippen MR) is 133 cm³/mol. The van der Waals surface area contributed by atoms with Crippen LogP contribution in [0.4, 0.5) is 5.82 Å². The highest BCUT2D eigenvalue weighted by molar-refractivity contribution is 6.10. The van der Waals surface area contributed by atoms with Crippen molar-refractivity contribution < 1.29 is 9.21 Å². The molecule has 8 nitrogen and oxygen atoms in total. The Morgan fingerprint density at radius 3 is 2.56 bits per heavy atom. The summed E-state index contributed by atoms with van der Waals surface area (Å²) in [6.45, 7) is 1.98. The number of nitrogens with zero attached hydrogens (tertiary/aromatic N) is 4. The van der Waals surface area contributed by atoms with Gasteiger partial charge in [0.15, 0.2) is 5.65 Å². The van der Waals surface area contributed by atoms with Crippen LogP contribution in [-0.2, 0) is 6.42 Å². The summed E-state index contributed by atoms with van der Waals surface area (Å²) in [5, 5.41) is 7.49. The number of rotatable bonds is 7. The number of fused-ring (bicyclic) bond motifs is 2. The molecule has 3 N–H and O–H groups in total. The summed E-state index contributed by atoms with van der Waals surface area (Å²) in [5.41, 5.74) is 10.1. The smallest absolute Gasteiger partial charge is 0.257 e.